The molecule has 1 aromatic heterocycles. The lowest BCUT2D eigenvalue weighted by atomic mass is 10.1. The van der Waals surface area contributed by atoms with Gasteiger partial charge < -0.3 is 10.1 Å². The van der Waals surface area contributed by atoms with Gasteiger partial charge in [-0.2, -0.15) is 0 Å². The summed E-state index contributed by atoms with van der Waals surface area (Å²) in [6.45, 7) is 4.72. The summed E-state index contributed by atoms with van der Waals surface area (Å²) in [5, 5.41) is 12.3. The van der Waals surface area contributed by atoms with E-state index in [2.05, 4.69) is 52.1 Å². The van der Waals surface area contributed by atoms with Crippen molar-refractivity contribution in [1.29, 1.82) is 0 Å². The summed E-state index contributed by atoms with van der Waals surface area (Å²) in [4.78, 5) is 11.2. The van der Waals surface area contributed by atoms with E-state index in [4.69, 9.17) is 4.74 Å². The van der Waals surface area contributed by atoms with Crippen molar-refractivity contribution in [2.45, 2.75) is 25.1 Å². The molecule has 3 aromatic rings. The summed E-state index contributed by atoms with van der Waals surface area (Å²) in [7, 11) is 0. The fourth-order valence-electron chi connectivity index (χ4n) is 2.93. The Hall–Kier alpha value is -2.80. The van der Waals surface area contributed by atoms with Crippen LogP contribution < -0.4 is 5.32 Å². The minimum Gasteiger partial charge on any atom is -0.443 e. The number of hydrogen-bond acceptors (Lipinski definition) is 5. The molecular formula is C20H20N4O2S. The molecule has 0 bridgehead atoms. The second-order valence-corrected chi connectivity index (χ2v) is 7.48. The largest absolute Gasteiger partial charge is 0.443 e. The van der Waals surface area contributed by atoms with Crippen molar-refractivity contribution >= 4 is 17.9 Å². The Morgan fingerprint density at radius 3 is 2.67 bits per heavy atom. The molecule has 2 aromatic carbocycles. The molecule has 1 atom stereocenters. The fraction of sp³-hybridized carbons (Fsp3) is 0.250. The molecule has 1 N–H and O–H groups in total. The highest BCUT2D eigenvalue weighted by Crippen LogP contribution is 2.29. The number of carbonyl (C=O) groups is 1. The Kier molecular flexibility index (Phi) is 4.85. The number of ether oxygens (including phenoxy) is 1. The quantitative estimate of drug-likeness (QED) is 0.683. The van der Waals surface area contributed by atoms with Crippen LogP contribution in [0, 0.1) is 13.8 Å². The summed E-state index contributed by atoms with van der Waals surface area (Å²) in [5.41, 5.74) is 4.48. The van der Waals surface area contributed by atoms with E-state index in [1.165, 1.54) is 22.9 Å². The zero-order valence-corrected chi connectivity index (χ0v) is 16.0. The molecule has 1 saturated heterocycles. The van der Waals surface area contributed by atoms with Gasteiger partial charge in [-0.15, -0.1) is 10.2 Å². The molecule has 0 aliphatic carbocycles. The summed E-state index contributed by atoms with van der Waals surface area (Å²) in [6.07, 6.45) is -0.520. The van der Waals surface area contributed by atoms with Gasteiger partial charge in [0.25, 0.3) is 0 Å². The van der Waals surface area contributed by atoms with Gasteiger partial charge in [-0.1, -0.05) is 48.2 Å². The molecule has 0 spiro atoms. The lowest BCUT2D eigenvalue weighted by Crippen LogP contribution is -2.17. The van der Waals surface area contributed by atoms with Gasteiger partial charge >= 0.3 is 6.09 Å². The minimum atomic E-state index is -0.360. The Morgan fingerprint density at radius 2 is 1.96 bits per heavy atom. The van der Waals surface area contributed by atoms with Gasteiger partial charge in [-0.25, -0.2) is 4.79 Å². The molecule has 1 amide bonds. The van der Waals surface area contributed by atoms with E-state index in [9.17, 15) is 4.79 Å². The van der Waals surface area contributed by atoms with Crippen molar-refractivity contribution in [2.24, 2.45) is 0 Å². The van der Waals surface area contributed by atoms with Crippen molar-refractivity contribution in [3.63, 3.8) is 0 Å². The third kappa shape index (κ3) is 3.68. The van der Waals surface area contributed by atoms with E-state index in [-0.39, 0.29) is 12.2 Å². The lowest BCUT2D eigenvalue weighted by molar-refractivity contribution is 0.150. The second-order valence-electron chi connectivity index (χ2n) is 6.50. The van der Waals surface area contributed by atoms with Crippen LogP contribution in [0.15, 0.2) is 53.7 Å². The molecule has 2 heterocycles. The van der Waals surface area contributed by atoms with Crippen molar-refractivity contribution < 1.29 is 9.53 Å². The van der Waals surface area contributed by atoms with E-state index >= 15 is 0 Å². The predicted octanol–water partition coefficient (Wildman–Crippen LogP) is 3.75. The van der Waals surface area contributed by atoms with Gasteiger partial charge in [0, 0.05) is 11.3 Å². The molecule has 0 saturated carbocycles. The molecule has 0 radical (unpaired) electrons. The van der Waals surface area contributed by atoms with Crippen LogP contribution in [0.3, 0.4) is 0 Å². The number of thioether (sulfide) groups is 1. The molecule has 1 aliphatic heterocycles. The van der Waals surface area contributed by atoms with Gasteiger partial charge in [-0.05, 0) is 37.1 Å². The van der Waals surface area contributed by atoms with E-state index in [1.54, 1.807) is 0 Å². The number of nitrogens with one attached hydrogen (secondary N) is 1. The molecule has 0 unspecified atom stereocenters. The highest BCUT2D eigenvalue weighted by Gasteiger charge is 2.24. The van der Waals surface area contributed by atoms with Crippen LogP contribution in [0.4, 0.5) is 4.79 Å². The first-order valence-corrected chi connectivity index (χ1v) is 9.76. The molecule has 27 heavy (non-hydrogen) atoms. The normalized spacial score (nSPS) is 16.2. The topological polar surface area (TPSA) is 69.0 Å². The Morgan fingerprint density at radius 1 is 1.15 bits per heavy atom. The Labute approximate surface area is 162 Å². The molecular weight excluding hydrogens is 360 g/mol. The standard InChI is InChI=1S/C20H20N4O2S/c1-13-8-9-16(10-14(13)2)24-18(15-6-4-3-5-7-15)22-23-19(24)27-12-17-11-21-20(25)26-17/h3-10,17H,11-12H2,1-2H3,(H,21,25)/t17-/m0/s1. The molecule has 6 nitrogen and oxygen atoms in total. The number of aromatic nitrogens is 3. The van der Waals surface area contributed by atoms with Crippen LogP contribution in [-0.2, 0) is 4.74 Å². The number of rotatable bonds is 5. The smallest absolute Gasteiger partial charge is 0.407 e. The van der Waals surface area contributed by atoms with E-state index in [0.29, 0.717) is 12.3 Å². The number of alkyl carbamates (subject to hydrolysis) is 1. The first-order chi connectivity index (χ1) is 13.1. The first-order valence-electron chi connectivity index (χ1n) is 8.77. The second kappa shape index (κ2) is 7.44. The minimum absolute atomic E-state index is 0.160. The summed E-state index contributed by atoms with van der Waals surface area (Å²) < 4.78 is 7.29. The van der Waals surface area contributed by atoms with E-state index in [1.807, 2.05) is 30.3 Å². The average Bonchev–Trinajstić information content (AvgIpc) is 3.29. The number of nitrogens with zero attached hydrogens (tertiary/aromatic N) is 3. The van der Waals surface area contributed by atoms with Crippen molar-refractivity contribution in [1.82, 2.24) is 20.1 Å². The zero-order chi connectivity index (χ0) is 18.8. The fourth-order valence-corrected chi connectivity index (χ4v) is 3.87. The highest BCUT2D eigenvalue weighted by molar-refractivity contribution is 7.99. The van der Waals surface area contributed by atoms with Crippen LogP contribution in [0.2, 0.25) is 0 Å². The molecule has 4 rings (SSSR count). The third-order valence-electron chi connectivity index (χ3n) is 4.56. The maximum Gasteiger partial charge on any atom is 0.407 e. The van der Waals surface area contributed by atoms with Crippen molar-refractivity contribution in [3.05, 3.63) is 59.7 Å². The van der Waals surface area contributed by atoms with Crippen LogP contribution >= 0.6 is 11.8 Å². The number of carbonyl (C=O) groups excluding carboxylic acids is 1. The van der Waals surface area contributed by atoms with Gasteiger partial charge in [0.1, 0.15) is 6.10 Å². The van der Waals surface area contributed by atoms with Gasteiger partial charge in [0.2, 0.25) is 0 Å². The average molecular weight is 380 g/mol. The summed E-state index contributed by atoms with van der Waals surface area (Å²) in [6, 6.07) is 16.4. The van der Waals surface area contributed by atoms with E-state index < -0.39 is 0 Å². The van der Waals surface area contributed by atoms with Gasteiger partial charge in [0.15, 0.2) is 11.0 Å². The lowest BCUT2D eigenvalue weighted by Gasteiger charge is -2.13. The van der Waals surface area contributed by atoms with Crippen LogP contribution in [0.25, 0.3) is 17.1 Å². The van der Waals surface area contributed by atoms with Crippen LogP contribution in [-0.4, -0.2) is 39.3 Å². The van der Waals surface area contributed by atoms with E-state index in [0.717, 1.165) is 22.2 Å². The van der Waals surface area contributed by atoms with Gasteiger partial charge in [0.05, 0.1) is 12.2 Å². The maximum absolute atomic E-state index is 11.2. The van der Waals surface area contributed by atoms with Crippen molar-refractivity contribution in [2.75, 3.05) is 12.3 Å². The monoisotopic (exact) mass is 380 g/mol. The molecule has 1 fully saturated rings. The highest BCUT2D eigenvalue weighted by atomic mass is 32.2. The van der Waals surface area contributed by atoms with Crippen molar-refractivity contribution in [3.8, 4) is 17.1 Å². The number of amides is 1. The number of cyclic esters (lactones) is 1. The zero-order valence-electron chi connectivity index (χ0n) is 15.2. The van der Waals surface area contributed by atoms with Gasteiger partial charge in [-0.3, -0.25) is 4.57 Å². The number of aryl methyl sites for hydroxylation is 2. The Balaban J connectivity index is 1.71. The SMILES string of the molecule is Cc1ccc(-n2c(SC[C@@H]3CNC(=O)O3)nnc2-c2ccccc2)cc1C. The summed E-state index contributed by atoms with van der Waals surface area (Å²) >= 11 is 1.54. The molecule has 138 valence electrons. The predicted molar refractivity (Wildman–Crippen MR) is 105 cm³/mol. The third-order valence-corrected chi connectivity index (χ3v) is 5.62. The summed E-state index contributed by atoms with van der Waals surface area (Å²) in [5.74, 6) is 1.42. The number of benzene rings is 2. The van der Waals surface area contributed by atoms with Crippen LogP contribution in [0.1, 0.15) is 11.1 Å². The van der Waals surface area contributed by atoms with Crippen LogP contribution in [0.5, 0.6) is 0 Å². The molecule has 7 heteroatoms. The number of hydrogen-bond donors (Lipinski definition) is 1. The maximum atomic E-state index is 11.2. The molecule has 1 aliphatic rings. The first kappa shape index (κ1) is 17.6. The Bertz CT molecular complexity index is 971.